The Bertz CT molecular complexity index is 745. The summed E-state index contributed by atoms with van der Waals surface area (Å²) in [7, 11) is -4.00. The number of nitrogens with two attached hydrogens (primary N) is 1. The number of hydrogen-bond acceptors (Lipinski definition) is 8. The number of carbonyl (C=O) groups is 1. The van der Waals surface area contributed by atoms with Crippen LogP contribution in [0.5, 0.6) is 5.88 Å². The van der Waals surface area contributed by atoms with Crippen molar-refractivity contribution in [3.05, 3.63) is 22.2 Å². The summed E-state index contributed by atoms with van der Waals surface area (Å²) in [5.74, 6) is -1.65. The largest absolute Gasteiger partial charge is 0.455 e. The van der Waals surface area contributed by atoms with Crippen LogP contribution >= 0.6 is 0 Å². The number of nitro groups is 1. The van der Waals surface area contributed by atoms with Crippen LogP contribution in [0.3, 0.4) is 0 Å². The Morgan fingerprint density at radius 1 is 1.46 bits per heavy atom. The molecule has 1 aromatic heterocycles. The highest BCUT2D eigenvalue weighted by molar-refractivity contribution is 7.92. The summed E-state index contributed by atoms with van der Waals surface area (Å²) in [4.78, 5) is 25.9. The molecule has 0 radical (unpaired) electrons. The van der Waals surface area contributed by atoms with Crippen LogP contribution in [0.25, 0.3) is 0 Å². The minimum absolute atomic E-state index is 0.176. The lowest BCUT2D eigenvalue weighted by Crippen LogP contribution is -2.40. The van der Waals surface area contributed by atoms with Gasteiger partial charge in [0.1, 0.15) is 11.8 Å². The lowest BCUT2D eigenvalue weighted by molar-refractivity contribution is -0.389. The zero-order valence-corrected chi connectivity index (χ0v) is 13.9. The van der Waals surface area contributed by atoms with E-state index in [9.17, 15) is 23.3 Å². The molecule has 24 heavy (non-hydrogen) atoms. The number of nitrogens with zero attached hydrogens (tertiary/aromatic N) is 3. The number of anilines is 1. The van der Waals surface area contributed by atoms with Crippen molar-refractivity contribution in [2.24, 2.45) is 5.73 Å². The number of aromatic nitrogens is 1. The van der Waals surface area contributed by atoms with E-state index in [1.54, 1.807) is 0 Å². The summed E-state index contributed by atoms with van der Waals surface area (Å²) in [6.45, 7) is -0.549. The zero-order valence-electron chi connectivity index (χ0n) is 13.0. The Hall–Kier alpha value is -2.27. The first-order chi connectivity index (χ1) is 11.2. The SMILES string of the molecule is CS(=O)(=O)N(C(=O)CN)c1ccc([N+](=O)[O-])nc1OC1CCCC1. The summed E-state index contributed by atoms with van der Waals surface area (Å²) in [5, 5.41) is 10.9. The number of ether oxygens (including phenoxy) is 1. The highest BCUT2D eigenvalue weighted by Crippen LogP contribution is 2.33. The van der Waals surface area contributed by atoms with Crippen LogP contribution in [-0.4, -0.2) is 43.1 Å². The van der Waals surface area contributed by atoms with Crippen LogP contribution in [0.2, 0.25) is 0 Å². The van der Waals surface area contributed by atoms with Crippen LogP contribution in [0.1, 0.15) is 25.7 Å². The highest BCUT2D eigenvalue weighted by Gasteiger charge is 2.33. The van der Waals surface area contributed by atoms with Crippen LogP contribution in [0.15, 0.2) is 12.1 Å². The summed E-state index contributed by atoms with van der Waals surface area (Å²) >= 11 is 0. The van der Waals surface area contributed by atoms with Crippen LogP contribution in [-0.2, 0) is 14.8 Å². The van der Waals surface area contributed by atoms with Gasteiger partial charge in [0, 0.05) is 11.1 Å². The smallest absolute Gasteiger partial charge is 0.367 e. The Kier molecular flexibility index (Phi) is 5.34. The van der Waals surface area contributed by atoms with Gasteiger partial charge in [0.25, 0.3) is 5.91 Å². The molecule has 2 N–H and O–H groups in total. The quantitative estimate of drug-likeness (QED) is 0.573. The van der Waals surface area contributed by atoms with Crippen molar-refractivity contribution >= 4 is 27.4 Å². The molecule has 0 unspecified atom stereocenters. The fourth-order valence-corrected chi connectivity index (χ4v) is 3.45. The van der Waals surface area contributed by atoms with Gasteiger partial charge in [-0.25, -0.2) is 8.42 Å². The monoisotopic (exact) mass is 358 g/mol. The molecule has 132 valence electrons. The maximum atomic E-state index is 12.0. The molecule has 2 rings (SSSR count). The second-order valence-corrected chi connectivity index (χ2v) is 7.23. The number of hydrogen-bond donors (Lipinski definition) is 1. The number of rotatable bonds is 6. The maximum Gasteiger partial charge on any atom is 0.367 e. The van der Waals surface area contributed by atoms with Gasteiger partial charge in [0.05, 0.1) is 12.8 Å². The van der Waals surface area contributed by atoms with E-state index in [0.29, 0.717) is 4.31 Å². The number of carbonyl (C=O) groups excluding carboxylic acids is 1. The molecule has 1 amide bonds. The molecule has 1 saturated carbocycles. The van der Waals surface area contributed by atoms with Gasteiger partial charge in [0.15, 0.2) is 0 Å². The van der Waals surface area contributed by atoms with Crippen molar-refractivity contribution < 1.29 is 22.9 Å². The molecule has 1 aliphatic carbocycles. The van der Waals surface area contributed by atoms with E-state index in [2.05, 4.69) is 4.98 Å². The van der Waals surface area contributed by atoms with Gasteiger partial charge < -0.3 is 20.6 Å². The average Bonchev–Trinajstić information content (AvgIpc) is 3.00. The van der Waals surface area contributed by atoms with Crippen molar-refractivity contribution in [1.82, 2.24) is 4.98 Å². The van der Waals surface area contributed by atoms with E-state index in [4.69, 9.17) is 10.5 Å². The fraction of sp³-hybridized carbons (Fsp3) is 0.538. The van der Waals surface area contributed by atoms with E-state index in [1.807, 2.05) is 0 Å². The van der Waals surface area contributed by atoms with Crippen LogP contribution in [0.4, 0.5) is 11.5 Å². The van der Waals surface area contributed by atoms with Crippen LogP contribution < -0.4 is 14.8 Å². The van der Waals surface area contributed by atoms with Gasteiger partial charge in [-0.15, -0.1) is 0 Å². The molecule has 1 aromatic rings. The normalized spacial score (nSPS) is 15.2. The molecule has 1 fully saturated rings. The standard InChI is InChI=1S/C13H18N4O6S/c1-24(21,22)16(12(18)8-14)10-6-7-11(17(19)20)15-13(10)23-9-4-2-3-5-9/h6-7,9H,2-5,8,14H2,1H3. The van der Waals surface area contributed by atoms with Gasteiger partial charge in [-0.1, -0.05) is 0 Å². The molecule has 1 aliphatic rings. The number of pyridine rings is 1. The molecule has 0 aromatic carbocycles. The molecule has 0 spiro atoms. The molecule has 11 heteroatoms. The topological polar surface area (TPSA) is 146 Å². The van der Waals surface area contributed by atoms with Gasteiger partial charge in [-0.3, -0.25) is 4.79 Å². The van der Waals surface area contributed by atoms with Gasteiger partial charge in [-0.2, -0.15) is 4.31 Å². The third-order valence-electron chi connectivity index (χ3n) is 3.54. The predicted octanol–water partition coefficient (Wildman–Crippen LogP) is 0.562. The first kappa shape index (κ1) is 18.1. The van der Waals surface area contributed by atoms with E-state index >= 15 is 0 Å². The molecule has 1 heterocycles. The van der Waals surface area contributed by atoms with Crippen molar-refractivity contribution in [2.75, 3.05) is 17.1 Å². The third-order valence-corrected chi connectivity index (χ3v) is 4.61. The third kappa shape index (κ3) is 3.97. The first-order valence-electron chi connectivity index (χ1n) is 7.29. The lowest BCUT2D eigenvalue weighted by Gasteiger charge is -2.21. The van der Waals surface area contributed by atoms with Crippen molar-refractivity contribution in [3.63, 3.8) is 0 Å². The Morgan fingerprint density at radius 3 is 2.58 bits per heavy atom. The molecule has 0 bridgehead atoms. The second kappa shape index (κ2) is 7.09. The Balaban J connectivity index is 2.53. The summed E-state index contributed by atoms with van der Waals surface area (Å²) in [6, 6.07) is 2.14. The molecular weight excluding hydrogens is 340 g/mol. The van der Waals surface area contributed by atoms with E-state index < -0.39 is 33.2 Å². The summed E-state index contributed by atoms with van der Waals surface area (Å²) in [5.41, 5.74) is 5.10. The maximum absolute atomic E-state index is 12.0. The lowest BCUT2D eigenvalue weighted by atomic mass is 10.3. The first-order valence-corrected chi connectivity index (χ1v) is 9.14. The van der Waals surface area contributed by atoms with Crippen LogP contribution in [0, 0.1) is 10.1 Å². The fourth-order valence-electron chi connectivity index (χ4n) is 2.51. The zero-order chi connectivity index (χ0) is 17.9. The highest BCUT2D eigenvalue weighted by atomic mass is 32.2. The predicted molar refractivity (Wildman–Crippen MR) is 85.2 cm³/mol. The Labute approximate surface area is 138 Å². The number of amides is 1. The molecule has 0 saturated heterocycles. The van der Waals surface area contributed by atoms with E-state index in [0.717, 1.165) is 44.1 Å². The van der Waals surface area contributed by atoms with E-state index in [-0.39, 0.29) is 17.7 Å². The molecular formula is C13H18N4O6S. The minimum Gasteiger partial charge on any atom is -0.455 e. The summed E-state index contributed by atoms with van der Waals surface area (Å²) in [6.07, 6.45) is 3.94. The molecule has 0 atom stereocenters. The van der Waals surface area contributed by atoms with Crippen molar-refractivity contribution in [2.45, 2.75) is 31.8 Å². The summed E-state index contributed by atoms with van der Waals surface area (Å²) < 4.78 is 30.1. The number of sulfonamides is 1. The van der Waals surface area contributed by atoms with Gasteiger partial charge in [-0.05, 0) is 36.7 Å². The molecule has 0 aliphatic heterocycles. The second-order valence-electron chi connectivity index (χ2n) is 5.40. The Morgan fingerprint density at radius 2 is 2.08 bits per heavy atom. The van der Waals surface area contributed by atoms with Crippen molar-refractivity contribution in [1.29, 1.82) is 0 Å². The molecule has 10 nitrogen and oxygen atoms in total. The van der Waals surface area contributed by atoms with Gasteiger partial charge >= 0.3 is 11.7 Å². The van der Waals surface area contributed by atoms with Gasteiger partial charge in [0.2, 0.25) is 10.0 Å². The van der Waals surface area contributed by atoms with Crippen molar-refractivity contribution in [3.8, 4) is 5.88 Å². The average molecular weight is 358 g/mol. The minimum atomic E-state index is -4.00. The van der Waals surface area contributed by atoms with E-state index in [1.165, 1.54) is 0 Å².